The number of hydrogen-bond acceptors (Lipinski definition) is 24. The van der Waals surface area contributed by atoms with Gasteiger partial charge in [-0.1, -0.05) is 219 Å². The van der Waals surface area contributed by atoms with Gasteiger partial charge in [-0.3, -0.25) is 0 Å². The Balaban J connectivity index is 0.000000140. The third-order valence-electron chi connectivity index (χ3n) is 18.7. The van der Waals surface area contributed by atoms with Gasteiger partial charge in [0.2, 0.25) is 0 Å². The van der Waals surface area contributed by atoms with Crippen molar-refractivity contribution in [3.05, 3.63) is 280 Å². The Morgan fingerprint density at radius 2 is 0.730 bits per heavy atom. The molecule has 8 aromatic carbocycles. The van der Waals surface area contributed by atoms with Crippen molar-refractivity contribution in [2.45, 2.75) is 88.0 Å². The first kappa shape index (κ1) is 88.4. The van der Waals surface area contributed by atoms with Gasteiger partial charge in [-0.05, 0) is 215 Å². The van der Waals surface area contributed by atoms with Crippen molar-refractivity contribution in [2.75, 3.05) is 25.9 Å². The van der Waals surface area contributed by atoms with Crippen LogP contribution in [0.1, 0.15) is 133 Å². The summed E-state index contributed by atoms with van der Waals surface area (Å²) in [5, 5.41) is 30.3. The number of benzene rings is 8. The van der Waals surface area contributed by atoms with Gasteiger partial charge in [-0.15, -0.1) is 11.8 Å². The number of esters is 3. The minimum Gasteiger partial charge on any atom is -0.476 e. The number of aromatic carboxylic acids is 1. The number of carboxylic acids is 1. The van der Waals surface area contributed by atoms with Gasteiger partial charge < -0.3 is 19.3 Å². The van der Waals surface area contributed by atoms with Crippen LogP contribution in [0.15, 0.2) is 203 Å². The lowest BCUT2D eigenvalue weighted by atomic mass is 10.0. The Labute approximate surface area is 751 Å². The van der Waals surface area contributed by atoms with E-state index in [0.717, 1.165) is 89.5 Å². The van der Waals surface area contributed by atoms with Crippen molar-refractivity contribution in [1.82, 2.24) is 76.6 Å². The van der Waals surface area contributed by atoms with Crippen LogP contribution >= 0.6 is 113 Å². The van der Waals surface area contributed by atoms with E-state index in [-0.39, 0.29) is 57.2 Å². The van der Waals surface area contributed by atoms with Crippen molar-refractivity contribution in [3.8, 4) is 111 Å². The average molecular weight is 1890 g/mol. The molecule has 122 heavy (non-hydrogen) atoms. The zero-order valence-electron chi connectivity index (χ0n) is 68.1. The summed E-state index contributed by atoms with van der Waals surface area (Å²) < 4.78 is 41.1. The molecule has 0 aliphatic carbocycles. The van der Waals surface area contributed by atoms with Crippen LogP contribution in [-0.4, -0.2) is 131 Å². The lowest BCUT2D eigenvalue weighted by molar-refractivity contribution is 0.0515. The molecule has 0 unspecified atom stereocenters. The van der Waals surface area contributed by atoms with Gasteiger partial charge in [0.15, 0.2) is 66.1 Å². The van der Waals surface area contributed by atoms with Gasteiger partial charge in [-0.25, -0.2) is 57.8 Å². The van der Waals surface area contributed by atoms with E-state index >= 15 is 0 Å². The highest BCUT2D eigenvalue weighted by atomic mass is 79.9. The number of methoxy groups -OCH3 is 1. The standard InChI is InChI=1S/C24H23BrN4O2S.C24H23ClN4O2S2.C21H17ClN4O2S.C20H15BrN4O2S/c1-5-31-24(30)20-19(25)21(29(27-20)18-12-7-6-11-17(18)14(2)3)23-26-22(28-32-23)16-10-8-9-15(4)13-16;1-14(2)17-10-5-6-11-18(17)29-21(19(25)20(27-29)24(30)31-13-32-4)23-26-22(28-33-23)16-9-7-8-15(3)12-16;1-12-7-6-9-14(11-12)19-23-20(29-25-19)18-16(22)17(21(27)28-3)24-26(18)15-10-5-4-8-13(15)2;1-11-6-5-8-13(10-11)18-22-19(28-24-18)17-15(21)16(20(26)27)23-25(17)14-9-4-3-7-12(14)2/h6-14H,5H2,1-4H3;5-12,14H,13H2,1-4H3;4-11H,1-3H3;3-10H,1-2H3,(H,26,27). The van der Waals surface area contributed by atoms with E-state index in [0.29, 0.717) is 75.0 Å². The van der Waals surface area contributed by atoms with Crippen LogP contribution in [0.4, 0.5) is 0 Å². The van der Waals surface area contributed by atoms with Crippen molar-refractivity contribution < 1.29 is 38.5 Å². The quantitative estimate of drug-likeness (QED) is 0.0397. The molecule has 0 bridgehead atoms. The molecule has 0 radical (unpaired) electrons. The molecule has 0 atom stereocenters. The van der Waals surface area contributed by atoms with Gasteiger partial charge >= 0.3 is 23.9 Å². The Morgan fingerprint density at radius 3 is 1.08 bits per heavy atom. The lowest BCUT2D eigenvalue weighted by Crippen LogP contribution is -2.08. The molecule has 620 valence electrons. The number of nitrogens with zero attached hydrogens (tertiary/aromatic N) is 16. The molecule has 0 fully saturated rings. The first-order valence-corrected chi connectivity index (χ1v) is 44.8. The summed E-state index contributed by atoms with van der Waals surface area (Å²) in [4.78, 5) is 68.1. The van der Waals surface area contributed by atoms with Crippen molar-refractivity contribution in [2.24, 2.45) is 0 Å². The topological polar surface area (TPSA) is 291 Å². The molecule has 1 N–H and O–H groups in total. The fraction of sp³-hybridized carbons (Fsp3) is 0.191. The number of carboxylic acid groups (broad SMARTS) is 1. The van der Waals surface area contributed by atoms with Gasteiger partial charge in [0.25, 0.3) is 0 Å². The second kappa shape index (κ2) is 39.6. The molecule has 16 aromatic rings. The average Bonchev–Trinajstić information content (AvgIpc) is 1.63. The van der Waals surface area contributed by atoms with E-state index in [1.54, 1.807) is 25.7 Å². The zero-order valence-corrected chi connectivity index (χ0v) is 76.8. The highest BCUT2D eigenvalue weighted by Gasteiger charge is 2.33. The van der Waals surface area contributed by atoms with Crippen molar-refractivity contribution in [1.29, 1.82) is 0 Å². The smallest absolute Gasteiger partial charge is 0.361 e. The van der Waals surface area contributed by atoms with Crippen LogP contribution in [-0.2, 0) is 14.2 Å². The molecule has 0 aliphatic heterocycles. The molecule has 0 saturated heterocycles. The van der Waals surface area contributed by atoms with E-state index in [4.69, 9.17) is 47.4 Å². The summed E-state index contributed by atoms with van der Waals surface area (Å²) in [7, 11) is 1.30. The maximum Gasteiger partial charge on any atom is 0.361 e. The number of para-hydroxylation sites is 4. The predicted octanol–water partition coefficient (Wildman–Crippen LogP) is 23.3. The highest BCUT2D eigenvalue weighted by Crippen LogP contribution is 2.43. The largest absolute Gasteiger partial charge is 0.476 e. The number of hydrogen-bond donors (Lipinski definition) is 1. The molecule has 0 amide bonds. The Kier molecular flexibility index (Phi) is 28.7. The number of aromatic nitrogens is 16. The van der Waals surface area contributed by atoms with Gasteiger partial charge in [0.05, 0.1) is 45.4 Å². The first-order chi connectivity index (χ1) is 58.7. The van der Waals surface area contributed by atoms with Crippen LogP contribution in [0.5, 0.6) is 0 Å². The molecule has 0 aliphatic rings. The maximum absolute atomic E-state index is 12.7. The summed E-state index contributed by atoms with van der Waals surface area (Å²) >= 11 is 26.7. The van der Waals surface area contributed by atoms with Crippen molar-refractivity contribution in [3.63, 3.8) is 0 Å². The summed E-state index contributed by atoms with van der Waals surface area (Å²) in [6, 6.07) is 63.3. The van der Waals surface area contributed by atoms with E-state index < -0.39 is 23.9 Å². The summed E-state index contributed by atoms with van der Waals surface area (Å²) in [5.74, 6) is 0.407. The molecule has 8 aromatic heterocycles. The van der Waals surface area contributed by atoms with E-state index in [2.05, 4.69) is 120 Å². The number of ether oxygens (including phenoxy) is 3. The number of carbonyl (C=O) groups is 4. The summed E-state index contributed by atoms with van der Waals surface area (Å²) in [6.07, 6.45) is 1.85. The fourth-order valence-electron chi connectivity index (χ4n) is 12.9. The number of rotatable bonds is 21. The van der Waals surface area contributed by atoms with E-state index in [1.807, 2.05) is 230 Å². The molecule has 24 nitrogen and oxygen atoms in total. The van der Waals surface area contributed by atoms with Crippen LogP contribution in [0.3, 0.4) is 0 Å². The number of halogens is 4. The highest BCUT2D eigenvalue weighted by molar-refractivity contribution is 9.11. The third kappa shape index (κ3) is 19.6. The molecule has 33 heteroatoms. The first-order valence-electron chi connectivity index (χ1n) is 38.0. The van der Waals surface area contributed by atoms with E-state index in [1.165, 1.54) is 65.0 Å². The monoisotopic (exact) mass is 1890 g/mol. The molecule has 8 heterocycles. The van der Waals surface area contributed by atoms with Gasteiger partial charge in [-0.2, -0.15) is 37.9 Å². The summed E-state index contributed by atoms with van der Waals surface area (Å²) in [5.41, 5.74) is 18.2. The molecular formula is C89H78Br2Cl2N16O8S5. The fourth-order valence-corrected chi connectivity index (χ4v) is 18.1. The van der Waals surface area contributed by atoms with Crippen LogP contribution < -0.4 is 0 Å². The second-order valence-electron chi connectivity index (χ2n) is 28.2. The molecular weight excluding hydrogens is 1810 g/mol. The normalized spacial score (nSPS) is 11.1. The van der Waals surface area contributed by atoms with E-state index in [9.17, 15) is 24.3 Å². The molecule has 0 saturated carbocycles. The predicted molar refractivity (Wildman–Crippen MR) is 492 cm³/mol. The molecule has 0 spiro atoms. The Bertz CT molecular complexity index is 6540. The van der Waals surface area contributed by atoms with Crippen LogP contribution in [0.25, 0.3) is 111 Å². The Morgan fingerprint density at radius 1 is 0.418 bits per heavy atom. The van der Waals surface area contributed by atoms with Crippen LogP contribution in [0.2, 0.25) is 10.0 Å². The minimum atomic E-state index is -1.11. The molecule has 16 rings (SSSR count). The summed E-state index contributed by atoms with van der Waals surface area (Å²) in [6.45, 7) is 22.5. The number of aryl methyl sites for hydroxylation is 6. The Hall–Kier alpha value is -11.4. The van der Waals surface area contributed by atoms with Crippen molar-refractivity contribution >= 4 is 137 Å². The SMILES string of the molecule is CCOC(=O)c1nn(-c2ccccc2C(C)C)c(-c2nc(-c3cccc(C)c3)ns2)c1Br.COC(=O)c1nn(-c2ccccc2C)c(-c2nc(-c3cccc(C)c3)ns2)c1Cl.CSCOC(=O)c1nn(-c2ccccc2C(C)C)c(-c2nc(-c3cccc(C)c3)ns2)c1Cl.Cc1cccc(-c2nsc(-c3c(Br)c(C(=O)O)nn3-c3ccccc3C)n2)c1. The van der Waals surface area contributed by atoms with Gasteiger partial charge in [0, 0.05) is 22.3 Å². The third-order valence-corrected chi connectivity index (χ3v) is 24.2. The second-order valence-corrected chi connectivity index (χ2v) is 34.4. The van der Waals surface area contributed by atoms with Gasteiger partial charge in [0.1, 0.15) is 38.8 Å². The van der Waals surface area contributed by atoms with Crippen LogP contribution in [0, 0.1) is 41.5 Å². The zero-order chi connectivity index (χ0) is 86.7. The lowest BCUT2D eigenvalue weighted by Gasteiger charge is -2.14. The number of thioether (sulfide) groups is 1. The minimum absolute atomic E-state index is 0.0414. The maximum atomic E-state index is 12.7. The number of carbonyl (C=O) groups excluding carboxylic acids is 3.